The molecule has 1 aromatic carbocycles. The number of aromatic nitrogens is 2. The maximum atomic E-state index is 10.4. The third-order valence-electron chi connectivity index (χ3n) is 5.87. The van der Waals surface area contributed by atoms with Crippen molar-refractivity contribution in [3.8, 4) is 0 Å². The molecule has 5 heteroatoms. The summed E-state index contributed by atoms with van der Waals surface area (Å²) in [4.78, 5) is 11.3. The Bertz CT molecular complexity index is 738. The van der Waals surface area contributed by atoms with E-state index in [9.17, 15) is 5.11 Å². The average molecular weight is 327 g/mol. The van der Waals surface area contributed by atoms with E-state index in [1.54, 1.807) is 6.33 Å². The molecule has 1 saturated carbocycles. The minimum atomic E-state index is -0.222. The highest BCUT2D eigenvalue weighted by molar-refractivity contribution is 5.89. The number of hydrogen-bond acceptors (Lipinski definition) is 5. The van der Waals surface area contributed by atoms with E-state index < -0.39 is 0 Å². The van der Waals surface area contributed by atoms with Gasteiger partial charge in [-0.25, -0.2) is 9.97 Å². The number of aryl methyl sites for hydroxylation is 1. The first-order valence-corrected chi connectivity index (χ1v) is 8.90. The molecule has 2 fully saturated rings. The van der Waals surface area contributed by atoms with Crippen LogP contribution in [0.3, 0.4) is 0 Å². The SMILES string of the molecule is CCO[C@H]1C[C@H](O)C12CCN(c1ncnc3ccc(C)cc13)CC2. The molecular weight excluding hydrogens is 302 g/mol. The summed E-state index contributed by atoms with van der Waals surface area (Å²) in [5, 5.41) is 11.5. The van der Waals surface area contributed by atoms with Gasteiger partial charge in [-0.15, -0.1) is 0 Å². The highest BCUT2D eigenvalue weighted by Gasteiger charge is 2.56. The van der Waals surface area contributed by atoms with E-state index in [0.717, 1.165) is 55.7 Å². The van der Waals surface area contributed by atoms with Crippen molar-refractivity contribution in [1.82, 2.24) is 9.97 Å². The van der Waals surface area contributed by atoms with Crippen molar-refractivity contribution in [2.45, 2.75) is 45.3 Å². The molecule has 1 saturated heterocycles. The first-order valence-electron chi connectivity index (χ1n) is 8.90. The minimum absolute atomic E-state index is 0.0503. The molecule has 0 radical (unpaired) electrons. The van der Waals surface area contributed by atoms with Crippen molar-refractivity contribution in [3.05, 3.63) is 30.1 Å². The van der Waals surface area contributed by atoms with Crippen molar-refractivity contribution >= 4 is 16.7 Å². The molecule has 5 nitrogen and oxygen atoms in total. The molecule has 2 aromatic rings. The molecule has 128 valence electrons. The number of piperidine rings is 1. The highest BCUT2D eigenvalue weighted by Crippen LogP contribution is 2.51. The standard InChI is InChI=1S/C19H25N3O2/c1-3-24-17-11-16(23)19(17)6-8-22(9-7-19)18-14-10-13(2)4-5-15(14)20-12-21-18/h4-5,10,12,16-17,23H,3,6-9,11H2,1-2H3/t16-,17-/m0/s1. The van der Waals surface area contributed by atoms with Crippen molar-refractivity contribution in [2.24, 2.45) is 5.41 Å². The highest BCUT2D eigenvalue weighted by atomic mass is 16.5. The molecule has 24 heavy (non-hydrogen) atoms. The molecule has 2 aliphatic rings. The van der Waals surface area contributed by atoms with Crippen molar-refractivity contribution < 1.29 is 9.84 Å². The zero-order valence-corrected chi connectivity index (χ0v) is 14.4. The van der Waals surface area contributed by atoms with Crippen LogP contribution in [0.25, 0.3) is 10.9 Å². The van der Waals surface area contributed by atoms with E-state index in [1.807, 2.05) is 6.92 Å². The van der Waals surface area contributed by atoms with Gasteiger partial charge < -0.3 is 14.7 Å². The molecule has 2 atom stereocenters. The lowest BCUT2D eigenvalue weighted by atomic mass is 9.58. The third-order valence-corrected chi connectivity index (χ3v) is 5.87. The van der Waals surface area contributed by atoms with Gasteiger partial charge in [-0.2, -0.15) is 0 Å². The summed E-state index contributed by atoms with van der Waals surface area (Å²) >= 11 is 0. The van der Waals surface area contributed by atoms with Gasteiger partial charge in [0, 0.05) is 36.9 Å². The minimum Gasteiger partial charge on any atom is -0.392 e. The van der Waals surface area contributed by atoms with Crippen LogP contribution in [0.15, 0.2) is 24.5 Å². The largest absolute Gasteiger partial charge is 0.392 e. The number of nitrogens with zero attached hydrogens (tertiary/aromatic N) is 3. The number of hydrogen-bond donors (Lipinski definition) is 1. The summed E-state index contributed by atoms with van der Waals surface area (Å²) in [6, 6.07) is 6.31. The number of anilines is 1. The second-order valence-electron chi connectivity index (χ2n) is 7.13. The zero-order chi connectivity index (χ0) is 16.7. The normalized spacial score (nSPS) is 25.9. The van der Waals surface area contributed by atoms with E-state index in [2.05, 4.69) is 40.0 Å². The topological polar surface area (TPSA) is 58.5 Å². The predicted octanol–water partition coefficient (Wildman–Crippen LogP) is 2.69. The maximum Gasteiger partial charge on any atom is 0.139 e. The number of benzene rings is 1. The van der Waals surface area contributed by atoms with E-state index in [1.165, 1.54) is 5.56 Å². The van der Waals surface area contributed by atoms with Gasteiger partial charge in [0.15, 0.2) is 0 Å². The Morgan fingerprint density at radius 2 is 2.08 bits per heavy atom. The number of fused-ring (bicyclic) bond motifs is 1. The molecule has 0 amide bonds. The predicted molar refractivity (Wildman–Crippen MR) is 94.2 cm³/mol. The Hall–Kier alpha value is -1.72. The number of ether oxygens (including phenoxy) is 1. The third kappa shape index (κ3) is 2.38. The monoisotopic (exact) mass is 327 g/mol. The fourth-order valence-corrected chi connectivity index (χ4v) is 4.36. The summed E-state index contributed by atoms with van der Waals surface area (Å²) in [5.41, 5.74) is 2.16. The molecule has 0 bridgehead atoms. The molecule has 2 heterocycles. The lowest BCUT2D eigenvalue weighted by Crippen LogP contribution is -2.62. The van der Waals surface area contributed by atoms with E-state index >= 15 is 0 Å². The van der Waals surface area contributed by atoms with Gasteiger partial charge in [0.1, 0.15) is 12.1 Å². The van der Waals surface area contributed by atoms with E-state index in [0.29, 0.717) is 0 Å². The lowest BCUT2D eigenvalue weighted by Gasteiger charge is -2.56. The van der Waals surface area contributed by atoms with Crippen LogP contribution in [0.1, 0.15) is 31.7 Å². The van der Waals surface area contributed by atoms with Crippen molar-refractivity contribution in [2.75, 3.05) is 24.6 Å². The number of aliphatic hydroxyl groups is 1. The molecule has 1 N–H and O–H groups in total. The number of aliphatic hydroxyl groups excluding tert-OH is 1. The second-order valence-corrected chi connectivity index (χ2v) is 7.13. The number of rotatable bonds is 3. The summed E-state index contributed by atoms with van der Waals surface area (Å²) in [6.45, 7) is 6.65. The molecule has 1 spiro atoms. The smallest absolute Gasteiger partial charge is 0.139 e. The van der Waals surface area contributed by atoms with Gasteiger partial charge in [0.05, 0.1) is 17.7 Å². The van der Waals surface area contributed by atoms with Crippen molar-refractivity contribution in [1.29, 1.82) is 0 Å². The molecule has 4 rings (SSSR count). The summed E-state index contributed by atoms with van der Waals surface area (Å²) in [7, 11) is 0. The maximum absolute atomic E-state index is 10.4. The van der Waals surface area contributed by atoms with E-state index in [4.69, 9.17) is 4.74 Å². The van der Waals surface area contributed by atoms with Gasteiger partial charge in [0.25, 0.3) is 0 Å². The Kier molecular flexibility index (Phi) is 3.93. The molecule has 0 unspecified atom stereocenters. The molecule has 1 aliphatic carbocycles. The Morgan fingerprint density at radius 3 is 2.79 bits per heavy atom. The van der Waals surface area contributed by atoms with E-state index in [-0.39, 0.29) is 17.6 Å². The van der Waals surface area contributed by atoms with Crippen LogP contribution in [-0.2, 0) is 4.74 Å². The van der Waals surface area contributed by atoms with Crippen LogP contribution in [0.5, 0.6) is 0 Å². The first kappa shape index (κ1) is 15.8. The molecule has 1 aliphatic heterocycles. The quantitative estimate of drug-likeness (QED) is 0.939. The van der Waals surface area contributed by atoms with Crippen LogP contribution < -0.4 is 4.90 Å². The van der Waals surface area contributed by atoms with Gasteiger partial charge >= 0.3 is 0 Å². The fourth-order valence-electron chi connectivity index (χ4n) is 4.36. The van der Waals surface area contributed by atoms with Gasteiger partial charge in [-0.3, -0.25) is 0 Å². The Morgan fingerprint density at radius 1 is 1.29 bits per heavy atom. The van der Waals surface area contributed by atoms with Gasteiger partial charge in [-0.05, 0) is 38.8 Å². The van der Waals surface area contributed by atoms with Crippen LogP contribution >= 0.6 is 0 Å². The summed E-state index contributed by atoms with van der Waals surface area (Å²) < 4.78 is 5.86. The van der Waals surface area contributed by atoms with Crippen LogP contribution in [0.2, 0.25) is 0 Å². The molecule has 1 aromatic heterocycles. The first-order chi connectivity index (χ1) is 11.6. The van der Waals surface area contributed by atoms with Crippen LogP contribution in [0, 0.1) is 12.3 Å². The van der Waals surface area contributed by atoms with Crippen molar-refractivity contribution in [3.63, 3.8) is 0 Å². The second kappa shape index (κ2) is 5.97. The van der Waals surface area contributed by atoms with Gasteiger partial charge in [-0.1, -0.05) is 11.6 Å². The fraction of sp³-hybridized carbons (Fsp3) is 0.579. The summed E-state index contributed by atoms with van der Waals surface area (Å²) in [5.74, 6) is 1.01. The Labute approximate surface area is 142 Å². The average Bonchev–Trinajstić information content (AvgIpc) is 2.61. The van der Waals surface area contributed by atoms with Gasteiger partial charge in [0.2, 0.25) is 0 Å². The summed E-state index contributed by atoms with van der Waals surface area (Å²) in [6.07, 6.45) is 4.33. The lowest BCUT2D eigenvalue weighted by molar-refractivity contribution is -0.199. The van der Waals surface area contributed by atoms with Crippen LogP contribution in [-0.4, -0.2) is 47.0 Å². The zero-order valence-electron chi connectivity index (χ0n) is 14.4. The Balaban J connectivity index is 1.57. The van der Waals surface area contributed by atoms with Crippen LogP contribution in [0.4, 0.5) is 5.82 Å². The molecular formula is C19H25N3O2.